The van der Waals surface area contributed by atoms with E-state index < -0.39 is 5.97 Å². The van der Waals surface area contributed by atoms with E-state index in [4.69, 9.17) is 9.84 Å². The molecule has 0 aliphatic carbocycles. The van der Waals surface area contributed by atoms with Crippen LogP contribution in [0.1, 0.15) is 36.7 Å². The van der Waals surface area contributed by atoms with Crippen molar-refractivity contribution in [2.45, 2.75) is 39.0 Å². The molecule has 0 aliphatic rings. The lowest BCUT2D eigenvalue weighted by Gasteiger charge is -2.31. The second kappa shape index (κ2) is 5.98. The summed E-state index contributed by atoms with van der Waals surface area (Å²) in [4.78, 5) is 10.7. The van der Waals surface area contributed by atoms with Gasteiger partial charge in [0.15, 0.2) is 0 Å². The van der Waals surface area contributed by atoms with E-state index in [1.807, 2.05) is 26.0 Å². The lowest BCUT2D eigenvalue weighted by atomic mass is 10.00. The Bertz CT molecular complexity index is 398. The summed E-state index contributed by atoms with van der Waals surface area (Å²) >= 11 is 0. The van der Waals surface area contributed by atoms with E-state index in [0.29, 0.717) is 12.1 Å². The van der Waals surface area contributed by atoms with E-state index in [1.165, 1.54) is 0 Å². The lowest BCUT2D eigenvalue weighted by Crippen LogP contribution is -2.45. The Morgan fingerprint density at radius 1 is 1.39 bits per heavy atom. The first-order chi connectivity index (χ1) is 8.36. The number of nitrogens with one attached hydrogen (secondary N) is 1. The molecule has 4 heteroatoms. The quantitative estimate of drug-likeness (QED) is 0.814. The third-order valence-corrected chi connectivity index (χ3v) is 3.38. The first-order valence-electron chi connectivity index (χ1n) is 5.97. The molecule has 1 aromatic carbocycles. The van der Waals surface area contributed by atoms with Gasteiger partial charge in [-0.2, -0.15) is 0 Å². The maximum atomic E-state index is 10.7. The third-order valence-electron chi connectivity index (χ3n) is 3.38. The minimum absolute atomic E-state index is 0.196. The highest BCUT2D eigenvalue weighted by Gasteiger charge is 2.24. The molecule has 0 aliphatic heterocycles. The van der Waals surface area contributed by atoms with Crippen molar-refractivity contribution in [3.05, 3.63) is 35.4 Å². The summed E-state index contributed by atoms with van der Waals surface area (Å²) in [5.74, 6) is -0.900. The van der Waals surface area contributed by atoms with Crippen molar-refractivity contribution in [3.8, 4) is 0 Å². The molecule has 0 fully saturated rings. The fourth-order valence-corrected chi connectivity index (χ4v) is 1.46. The van der Waals surface area contributed by atoms with Crippen molar-refractivity contribution >= 4 is 5.97 Å². The molecular formula is C14H21NO3. The fraction of sp³-hybridized carbons (Fsp3) is 0.500. The van der Waals surface area contributed by atoms with Crippen LogP contribution in [0.15, 0.2) is 24.3 Å². The van der Waals surface area contributed by atoms with Crippen LogP contribution in [0.25, 0.3) is 0 Å². The number of benzene rings is 1. The summed E-state index contributed by atoms with van der Waals surface area (Å²) in [7, 11) is 1.69. The maximum Gasteiger partial charge on any atom is 0.335 e. The van der Waals surface area contributed by atoms with Gasteiger partial charge < -0.3 is 15.2 Å². The van der Waals surface area contributed by atoms with Crippen LogP contribution < -0.4 is 5.32 Å². The average Bonchev–Trinajstić information content (AvgIpc) is 2.36. The second-order valence-electron chi connectivity index (χ2n) is 4.91. The van der Waals surface area contributed by atoms with Gasteiger partial charge in [-0.15, -0.1) is 0 Å². The number of hydrogen-bond donors (Lipinski definition) is 2. The van der Waals surface area contributed by atoms with E-state index in [-0.39, 0.29) is 11.6 Å². The van der Waals surface area contributed by atoms with E-state index in [2.05, 4.69) is 12.2 Å². The van der Waals surface area contributed by atoms with Crippen LogP contribution in [0.4, 0.5) is 0 Å². The summed E-state index contributed by atoms with van der Waals surface area (Å²) in [6, 6.07) is 7.07. The molecule has 0 amide bonds. The number of hydrogen-bond acceptors (Lipinski definition) is 3. The van der Waals surface area contributed by atoms with Crippen LogP contribution >= 0.6 is 0 Å². The van der Waals surface area contributed by atoms with Crippen molar-refractivity contribution < 1.29 is 14.6 Å². The molecule has 0 aromatic heterocycles. The summed E-state index contributed by atoms with van der Waals surface area (Å²) in [5.41, 5.74) is 1.13. The Morgan fingerprint density at radius 3 is 2.39 bits per heavy atom. The topological polar surface area (TPSA) is 58.6 Å². The molecule has 18 heavy (non-hydrogen) atoms. The number of aromatic carboxylic acids is 1. The van der Waals surface area contributed by atoms with Crippen molar-refractivity contribution in [2.75, 3.05) is 7.11 Å². The first kappa shape index (κ1) is 14.7. The summed E-state index contributed by atoms with van der Waals surface area (Å²) < 4.78 is 5.40. The molecule has 2 N–H and O–H groups in total. The van der Waals surface area contributed by atoms with Gasteiger partial charge >= 0.3 is 5.97 Å². The van der Waals surface area contributed by atoms with E-state index in [0.717, 1.165) is 5.56 Å². The molecule has 1 aromatic rings. The molecule has 4 nitrogen and oxygen atoms in total. The number of carbonyl (C=O) groups is 1. The smallest absolute Gasteiger partial charge is 0.335 e. The second-order valence-corrected chi connectivity index (χ2v) is 4.91. The van der Waals surface area contributed by atoms with Gasteiger partial charge in [0.05, 0.1) is 11.2 Å². The average molecular weight is 251 g/mol. The predicted octanol–water partition coefficient (Wildman–Crippen LogP) is 2.29. The van der Waals surface area contributed by atoms with Crippen molar-refractivity contribution in [1.82, 2.24) is 5.32 Å². The Labute approximate surface area is 108 Å². The fourth-order valence-electron chi connectivity index (χ4n) is 1.46. The molecule has 100 valence electrons. The van der Waals surface area contributed by atoms with Crippen molar-refractivity contribution in [3.63, 3.8) is 0 Å². The van der Waals surface area contributed by atoms with Crippen LogP contribution in [0.2, 0.25) is 0 Å². The van der Waals surface area contributed by atoms with Gasteiger partial charge in [0.1, 0.15) is 0 Å². The number of carboxylic acids is 1. The molecule has 1 unspecified atom stereocenters. The van der Waals surface area contributed by atoms with Gasteiger partial charge in [-0.05, 0) is 38.5 Å². The lowest BCUT2D eigenvalue weighted by molar-refractivity contribution is -0.00544. The van der Waals surface area contributed by atoms with Gasteiger partial charge in [0, 0.05) is 19.7 Å². The zero-order chi connectivity index (χ0) is 13.8. The molecule has 0 saturated heterocycles. The molecule has 0 bridgehead atoms. The Kier molecular flexibility index (Phi) is 4.87. The van der Waals surface area contributed by atoms with Gasteiger partial charge in [0.25, 0.3) is 0 Å². The maximum absolute atomic E-state index is 10.7. The molecule has 0 saturated carbocycles. The van der Waals surface area contributed by atoms with E-state index >= 15 is 0 Å². The summed E-state index contributed by atoms with van der Waals surface area (Å²) in [6.07, 6.45) is 0. The third kappa shape index (κ3) is 3.82. The number of rotatable bonds is 6. The van der Waals surface area contributed by atoms with Crippen molar-refractivity contribution in [1.29, 1.82) is 0 Å². The van der Waals surface area contributed by atoms with E-state index in [9.17, 15) is 4.79 Å². The largest absolute Gasteiger partial charge is 0.478 e. The molecule has 1 rings (SSSR count). The van der Waals surface area contributed by atoms with Gasteiger partial charge in [-0.25, -0.2) is 4.79 Å². The zero-order valence-electron chi connectivity index (χ0n) is 11.4. The highest BCUT2D eigenvalue weighted by atomic mass is 16.5. The highest BCUT2D eigenvalue weighted by molar-refractivity contribution is 5.87. The van der Waals surface area contributed by atoms with Crippen LogP contribution in [0.5, 0.6) is 0 Å². The Hall–Kier alpha value is -1.39. The standard InChI is InChI=1S/C14H21NO3/c1-10(14(2,3)18-4)15-9-11-5-7-12(8-6-11)13(16)17/h5-8,10,15H,9H2,1-4H3,(H,16,17). The summed E-state index contributed by atoms with van der Waals surface area (Å²) in [6.45, 7) is 6.80. The highest BCUT2D eigenvalue weighted by Crippen LogP contribution is 2.14. The number of ether oxygens (including phenoxy) is 1. The Balaban J connectivity index is 2.56. The monoisotopic (exact) mass is 251 g/mol. The number of methoxy groups -OCH3 is 1. The van der Waals surface area contributed by atoms with Gasteiger partial charge in [0.2, 0.25) is 0 Å². The van der Waals surface area contributed by atoms with Crippen molar-refractivity contribution in [2.24, 2.45) is 0 Å². The van der Waals surface area contributed by atoms with Gasteiger partial charge in [-0.1, -0.05) is 12.1 Å². The molecule has 0 spiro atoms. The predicted molar refractivity (Wildman–Crippen MR) is 70.8 cm³/mol. The van der Waals surface area contributed by atoms with Gasteiger partial charge in [-0.3, -0.25) is 0 Å². The Morgan fingerprint density at radius 2 is 1.94 bits per heavy atom. The van der Waals surface area contributed by atoms with E-state index in [1.54, 1.807) is 19.2 Å². The zero-order valence-corrected chi connectivity index (χ0v) is 11.4. The van der Waals surface area contributed by atoms with Crippen LogP contribution in [-0.2, 0) is 11.3 Å². The normalized spacial score (nSPS) is 13.3. The van der Waals surface area contributed by atoms with Crippen LogP contribution in [-0.4, -0.2) is 29.8 Å². The minimum Gasteiger partial charge on any atom is -0.478 e. The van der Waals surface area contributed by atoms with Crippen LogP contribution in [0, 0.1) is 0 Å². The SMILES string of the molecule is COC(C)(C)C(C)NCc1ccc(C(=O)O)cc1. The number of carboxylic acid groups (broad SMARTS) is 1. The molecule has 0 radical (unpaired) electrons. The first-order valence-corrected chi connectivity index (χ1v) is 5.97. The molecule has 0 heterocycles. The molecule has 1 atom stereocenters. The molecular weight excluding hydrogens is 230 g/mol. The summed E-state index contributed by atoms with van der Waals surface area (Å²) in [5, 5.41) is 12.2. The van der Waals surface area contributed by atoms with Crippen LogP contribution in [0.3, 0.4) is 0 Å². The minimum atomic E-state index is -0.900.